The molecule has 1 amide bonds. The number of rotatable bonds is 7. The highest BCUT2D eigenvalue weighted by Crippen LogP contribution is 2.15. The number of nitrogen functional groups attached to an aromatic ring is 1. The number of carbonyl (C=O) groups is 2. The van der Waals surface area contributed by atoms with E-state index in [1.807, 2.05) is 20.8 Å². The number of nitrogens with two attached hydrogens (primary N) is 1. The minimum Gasteiger partial charge on any atom is -0.465 e. The van der Waals surface area contributed by atoms with Gasteiger partial charge in [0.1, 0.15) is 12.2 Å². The molecule has 0 aromatic carbocycles. The molecule has 1 aromatic rings. The maximum Gasteiger partial charge on any atom is 0.325 e. The molecule has 0 unspecified atom stereocenters. The minimum atomic E-state index is -0.423. The predicted molar refractivity (Wildman–Crippen MR) is 79.7 cm³/mol. The molecule has 21 heavy (non-hydrogen) atoms. The average Bonchev–Trinajstić information content (AvgIpc) is 2.78. The number of esters is 1. The predicted octanol–water partition coefficient (Wildman–Crippen LogP) is 1.15. The lowest BCUT2D eigenvalue weighted by Crippen LogP contribution is -2.40. The van der Waals surface area contributed by atoms with Gasteiger partial charge in [0.25, 0.3) is 5.91 Å². The monoisotopic (exact) mass is 296 g/mol. The minimum absolute atomic E-state index is 0.0841. The normalized spacial score (nSPS) is 10.7. The van der Waals surface area contributed by atoms with Crippen molar-refractivity contribution in [2.24, 2.45) is 5.92 Å². The highest BCUT2D eigenvalue weighted by atomic mass is 16.5. The van der Waals surface area contributed by atoms with E-state index >= 15 is 0 Å². The largest absolute Gasteiger partial charge is 0.465 e. The van der Waals surface area contributed by atoms with Crippen LogP contribution < -0.4 is 5.73 Å². The highest BCUT2D eigenvalue weighted by Gasteiger charge is 2.25. The first kappa shape index (κ1) is 17.0. The number of amides is 1. The van der Waals surface area contributed by atoms with Gasteiger partial charge in [-0.1, -0.05) is 13.8 Å². The molecule has 0 aliphatic heterocycles. The van der Waals surface area contributed by atoms with Crippen molar-refractivity contribution < 1.29 is 14.3 Å². The molecule has 0 aliphatic carbocycles. The Morgan fingerprint density at radius 3 is 2.62 bits per heavy atom. The molecule has 0 atom stereocenters. The van der Waals surface area contributed by atoms with E-state index in [4.69, 9.17) is 10.5 Å². The standard InChI is InChI=1S/C14H24N4O3/c1-5-18-13(11(15)7-16-18)14(20)17(8-10(3)4)9-12(19)21-6-2/h7,10H,5-6,8-9,15H2,1-4H3. The van der Waals surface area contributed by atoms with Crippen LogP contribution in [-0.4, -0.2) is 46.3 Å². The van der Waals surface area contributed by atoms with Crippen molar-refractivity contribution in [3.05, 3.63) is 11.9 Å². The molecule has 0 saturated carbocycles. The fraction of sp³-hybridized carbons (Fsp3) is 0.643. The van der Waals surface area contributed by atoms with Crippen LogP contribution in [0.15, 0.2) is 6.20 Å². The Labute approximate surface area is 125 Å². The second-order valence-electron chi connectivity index (χ2n) is 5.15. The van der Waals surface area contributed by atoms with Crippen LogP contribution in [0.2, 0.25) is 0 Å². The SMILES string of the molecule is CCOC(=O)CN(CC(C)C)C(=O)c1c(N)cnn1CC. The quantitative estimate of drug-likeness (QED) is 0.762. The van der Waals surface area contributed by atoms with Crippen LogP contribution >= 0.6 is 0 Å². The van der Waals surface area contributed by atoms with Gasteiger partial charge in [-0.05, 0) is 19.8 Å². The maximum atomic E-state index is 12.7. The van der Waals surface area contributed by atoms with Crippen LogP contribution in [0.25, 0.3) is 0 Å². The van der Waals surface area contributed by atoms with E-state index in [2.05, 4.69) is 5.10 Å². The molecule has 0 saturated heterocycles. The number of aromatic nitrogens is 2. The number of aryl methyl sites for hydroxylation is 1. The summed E-state index contributed by atoms with van der Waals surface area (Å²) in [5.41, 5.74) is 6.47. The first-order chi connectivity index (χ1) is 9.90. The number of carbonyl (C=O) groups excluding carboxylic acids is 2. The first-order valence-electron chi connectivity index (χ1n) is 7.16. The number of anilines is 1. The Morgan fingerprint density at radius 2 is 2.10 bits per heavy atom. The fourth-order valence-corrected chi connectivity index (χ4v) is 2.05. The second-order valence-corrected chi connectivity index (χ2v) is 5.15. The van der Waals surface area contributed by atoms with Crippen LogP contribution in [0.5, 0.6) is 0 Å². The summed E-state index contributed by atoms with van der Waals surface area (Å²) in [6, 6.07) is 0. The third-order valence-corrected chi connectivity index (χ3v) is 2.87. The van der Waals surface area contributed by atoms with Gasteiger partial charge in [0.15, 0.2) is 0 Å². The van der Waals surface area contributed by atoms with Crippen LogP contribution in [0.1, 0.15) is 38.2 Å². The van der Waals surface area contributed by atoms with Crippen LogP contribution in [0.3, 0.4) is 0 Å². The van der Waals surface area contributed by atoms with E-state index in [0.717, 1.165) is 0 Å². The Kier molecular flexibility index (Phi) is 6.20. The lowest BCUT2D eigenvalue weighted by molar-refractivity contribution is -0.143. The van der Waals surface area contributed by atoms with Gasteiger partial charge < -0.3 is 15.4 Å². The Balaban J connectivity index is 2.98. The van der Waals surface area contributed by atoms with Gasteiger partial charge >= 0.3 is 5.97 Å². The number of hydrogen-bond donors (Lipinski definition) is 1. The maximum absolute atomic E-state index is 12.7. The lowest BCUT2D eigenvalue weighted by Gasteiger charge is -2.24. The van der Waals surface area contributed by atoms with E-state index in [9.17, 15) is 9.59 Å². The van der Waals surface area contributed by atoms with Crippen LogP contribution in [0.4, 0.5) is 5.69 Å². The molecule has 1 heterocycles. The zero-order chi connectivity index (χ0) is 16.0. The van der Waals surface area contributed by atoms with Gasteiger partial charge in [0.2, 0.25) is 0 Å². The molecule has 0 fully saturated rings. The topological polar surface area (TPSA) is 90.4 Å². The lowest BCUT2D eigenvalue weighted by atomic mass is 10.2. The Bertz CT molecular complexity index is 496. The van der Waals surface area contributed by atoms with Crippen molar-refractivity contribution in [1.29, 1.82) is 0 Å². The molecule has 1 aromatic heterocycles. The van der Waals surface area contributed by atoms with Crippen molar-refractivity contribution in [2.45, 2.75) is 34.2 Å². The number of nitrogens with zero attached hydrogens (tertiary/aromatic N) is 3. The highest BCUT2D eigenvalue weighted by molar-refractivity contribution is 5.98. The molecular weight excluding hydrogens is 272 g/mol. The molecule has 7 heteroatoms. The van der Waals surface area contributed by atoms with Crippen molar-refractivity contribution in [1.82, 2.24) is 14.7 Å². The molecule has 0 aliphatic rings. The third-order valence-electron chi connectivity index (χ3n) is 2.87. The Morgan fingerprint density at radius 1 is 1.43 bits per heavy atom. The second kappa shape index (κ2) is 7.66. The summed E-state index contributed by atoms with van der Waals surface area (Å²) in [5, 5.41) is 4.06. The zero-order valence-corrected chi connectivity index (χ0v) is 13.1. The van der Waals surface area contributed by atoms with Crippen molar-refractivity contribution in [2.75, 3.05) is 25.4 Å². The molecule has 1 rings (SSSR count). The summed E-state index contributed by atoms with van der Waals surface area (Å²) in [6.45, 7) is 8.76. The van der Waals surface area contributed by atoms with Gasteiger partial charge in [-0.2, -0.15) is 5.10 Å². The fourth-order valence-electron chi connectivity index (χ4n) is 2.05. The summed E-state index contributed by atoms with van der Waals surface area (Å²) in [4.78, 5) is 25.8. The average molecular weight is 296 g/mol. The van der Waals surface area contributed by atoms with Crippen LogP contribution in [-0.2, 0) is 16.1 Å². The summed E-state index contributed by atoms with van der Waals surface area (Å²) in [5.74, 6) is -0.496. The first-order valence-corrected chi connectivity index (χ1v) is 7.16. The van der Waals surface area contributed by atoms with Gasteiger partial charge in [-0.25, -0.2) is 0 Å². The molecule has 118 valence electrons. The van der Waals surface area contributed by atoms with E-state index < -0.39 is 5.97 Å². The summed E-state index contributed by atoms with van der Waals surface area (Å²) in [6.07, 6.45) is 1.45. The smallest absolute Gasteiger partial charge is 0.325 e. The van der Waals surface area contributed by atoms with Crippen molar-refractivity contribution in [3.8, 4) is 0 Å². The van der Waals surface area contributed by atoms with Gasteiger partial charge in [-0.3, -0.25) is 14.3 Å². The van der Waals surface area contributed by atoms with E-state index in [1.54, 1.807) is 6.92 Å². The molecule has 0 spiro atoms. The van der Waals surface area contributed by atoms with Gasteiger partial charge in [0.05, 0.1) is 18.5 Å². The van der Waals surface area contributed by atoms with E-state index in [-0.39, 0.29) is 25.0 Å². The van der Waals surface area contributed by atoms with E-state index in [1.165, 1.54) is 15.8 Å². The van der Waals surface area contributed by atoms with Crippen molar-refractivity contribution >= 4 is 17.6 Å². The molecule has 0 radical (unpaired) electrons. The van der Waals surface area contributed by atoms with Crippen molar-refractivity contribution in [3.63, 3.8) is 0 Å². The summed E-state index contributed by atoms with van der Waals surface area (Å²) < 4.78 is 6.46. The number of hydrogen-bond acceptors (Lipinski definition) is 5. The van der Waals surface area contributed by atoms with E-state index in [0.29, 0.717) is 24.5 Å². The molecular formula is C14H24N4O3. The van der Waals surface area contributed by atoms with Gasteiger partial charge in [-0.15, -0.1) is 0 Å². The van der Waals surface area contributed by atoms with Gasteiger partial charge in [0, 0.05) is 13.1 Å². The number of ether oxygens (including phenoxy) is 1. The zero-order valence-electron chi connectivity index (χ0n) is 13.1. The summed E-state index contributed by atoms with van der Waals surface area (Å²) >= 11 is 0. The molecule has 2 N–H and O–H groups in total. The van der Waals surface area contributed by atoms with Crippen LogP contribution in [0, 0.1) is 5.92 Å². The molecule has 7 nitrogen and oxygen atoms in total. The summed E-state index contributed by atoms with van der Waals surface area (Å²) in [7, 11) is 0. The molecule has 0 bridgehead atoms. The Hall–Kier alpha value is -2.05. The third kappa shape index (κ3) is 4.47.